The lowest BCUT2D eigenvalue weighted by Crippen LogP contribution is -2.15. The van der Waals surface area contributed by atoms with Crippen molar-refractivity contribution in [1.29, 1.82) is 0 Å². The van der Waals surface area contributed by atoms with E-state index in [9.17, 15) is 0 Å². The Bertz CT molecular complexity index is 747. The summed E-state index contributed by atoms with van der Waals surface area (Å²) in [4.78, 5) is 0. The van der Waals surface area contributed by atoms with Crippen molar-refractivity contribution in [2.24, 2.45) is 0 Å². The van der Waals surface area contributed by atoms with Gasteiger partial charge in [0.1, 0.15) is 11.3 Å². The number of rotatable bonds is 4. The molecule has 1 aromatic heterocycles. The summed E-state index contributed by atoms with van der Waals surface area (Å²) in [5, 5.41) is 7.28. The molecule has 0 aliphatic carbocycles. The van der Waals surface area contributed by atoms with E-state index in [4.69, 9.17) is 16.0 Å². The summed E-state index contributed by atoms with van der Waals surface area (Å²) in [5.74, 6) is 0.983. The third-order valence-electron chi connectivity index (χ3n) is 3.76. The van der Waals surface area contributed by atoms with Crippen molar-refractivity contribution in [3.05, 3.63) is 47.2 Å². The van der Waals surface area contributed by atoms with E-state index in [1.807, 2.05) is 31.3 Å². The maximum Gasteiger partial charge on any atom is 0.142 e. The van der Waals surface area contributed by atoms with Crippen LogP contribution in [0.15, 0.2) is 40.8 Å². The molecule has 3 aromatic rings. The van der Waals surface area contributed by atoms with Crippen molar-refractivity contribution in [3.63, 3.8) is 0 Å². The smallest absolute Gasteiger partial charge is 0.142 e. The summed E-state index contributed by atoms with van der Waals surface area (Å²) < 4.78 is 6.12. The molecule has 104 valence electrons. The molecule has 0 amide bonds. The van der Waals surface area contributed by atoms with Gasteiger partial charge < -0.3 is 9.73 Å². The second-order valence-corrected chi connectivity index (χ2v) is 5.51. The molecular formula is C17H18ClNO. The fourth-order valence-corrected chi connectivity index (χ4v) is 3.02. The van der Waals surface area contributed by atoms with Gasteiger partial charge in [0.05, 0.1) is 6.04 Å². The van der Waals surface area contributed by atoms with E-state index >= 15 is 0 Å². The lowest BCUT2D eigenvalue weighted by Gasteiger charge is -2.11. The maximum absolute atomic E-state index is 6.36. The van der Waals surface area contributed by atoms with Gasteiger partial charge in [0.2, 0.25) is 0 Å². The maximum atomic E-state index is 6.36. The van der Waals surface area contributed by atoms with Crippen LogP contribution >= 0.6 is 11.6 Å². The number of nitrogens with one attached hydrogen (secondary N) is 1. The van der Waals surface area contributed by atoms with E-state index in [1.165, 1.54) is 0 Å². The lowest BCUT2D eigenvalue weighted by molar-refractivity contribution is 0.431. The van der Waals surface area contributed by atoms with E-state index in [1.54, 1.807) is 0 Å². The van der Waals surface area contributed by atoms with Crippen LogP contribution in [0.1, 0.15) is 31.6 Å². The average Bonchev–Trinajstić information content (AvgIpc) is 2.89. The molecule has 0 bridgehead atoms. The number of fused-ring (bicyclic) bond motifs is 3. The highest BCUT2D eigenvalue weighted by atomic mass is 35.5. The Kier molecular flexibility index (Phi) is 3.68. The van der Waals surface area contributed by atoms with Gasteiger partial charge >= 0.3 is 0 Å². The second-order valence-electron chi connectivity index (χ2n) is 5.10. The standard InChI is InChI=1S/C17H18ClNO/c1-3-6-15(19-2)16-10-11-9-14(18)12-7-4-5-8-13(12)17(11)20-16/h4-5,7-10,15,19H,3,6H2,1-2H3. The van der Waals surface area contributed by atoms with Crippen LogP contribution in [-0.2, 0) is 0 Å². The van der Waals surface area contributed by atoms with E-state index in [-0.39, 0.29) is 6.04 Å². The highest BCUT2D eigenvalue weighted by Gasteiger charge is 2.16. The van der Waals surface area contributed by atoms with Crippen LogP contribution < -0.4 is 5.32 Å². The van der Waals surface area contributed by atoms with Gasteiger partial charge in [-0.3, -0.25) is 0 Å². The van der Waals surface area contributed by atoms with Crippen molar-refractivity contribution in [3.8, 4) is 0 Å². The third kappa shape index (κ3) is 2.19. The van der Waals surface area contributed by atoms with Gasteiger partial charge in [-0.05, 0) is 25.6 Å². The van der Waals surface area contributed by atoms with E-state index in [0.717, 1.165) is 45.4 Å². The largest absolute Gasteiger partial charge is 0.459 e. The lowest BCUT2D eigenvalue weighted by atomic mass is 10.1. The SMILES string of the molecule is CCCC(NC)c1cc2cc(Cl)c3ccccc3c2o1. The Labute approximate surface area is 123 Å². The van der Waals surface area contributed by atoms with Gasteiger partial charge in [0.25, 0.3) is 0 Å². The first-order valence-electron chi connectivity index (χ1n) is 7.02. The van der Waals surface area contributed by atoms with Crippen LogP contribution in [0, 0.1) is 0 Å². The number of halogens is 1. The highest BCUT2D eigenvalue weighted by Crippen LogP contribution is 2.35. The second kappa shape index (κ2) is 5.47. The normalized spacial score (nSPS) is 13.2. The Morgan fingerprint density at radius 2 is 1.95 bits per heavy atom. The van der Waals surface area contributed by atoms with Crippen molar-refractivity contribution in [2.45, 2.75) is 25.8 Å². The topological polar surface area (TPSA) is 25.2 Å². The van der Waals surface area contributed by atoms with Gasteiger partial charge in [-0.25, -0.2) is 0 Å². The number of hydrogen-bond acceptors (Lipinski definition) is 2. The highest BCUT2D eigenvalue weighted by molar-refractivity contribution is 6.37. The molecule has 20 heavy (non-hydrogen) atoms. The summed E-state index contributed by atoms with van der Waals surface area (Å²) in [6.07, 6.45) is 2.17. The molecule has 2 nitrogen and oxygen atoms in total. The third-order valence-corrected chi connectivity index (χ3v) is 4.07. The van der Waals surface area contributed by atoms with Crippen LogP contribution in [0.4, 0.5) is 0 Å². The summed E-state index contributed by atoms with van der Waals surface area (Å²) in [6.45, 7) is 2.18. The van der Waals surface area contributed by atoms with E-state index in [2.05, 4.69) is 24.4 Å². The summed E-state index contributed by atoms with van der Waals surface area (Å²) in [6, 6.07) is 12.4. The molecule has 0 saturated carbocycles. The summed E-state index contributed by atoms with van der Waals surface area (Å²) in [7, 11) is 1.97. The van der Waals surface area contributed by atoms with Crippen LogP contribution in [0.3, 0.4) is 0 Å². The van der Waals surface area contributed by atoms with Crippen LogP contribution in [0.25, 0.3) is 21.7 Å². The van der Waals surface area contributed by atoms with Crippen LogP contribution in [0.5, 0.6) is 0 Å². The molecule has 2 aromatic carbocycles. The predicted octanol–water partition coefficient (Wildman–Crippen LogP) is 5.30. The quantitative estimate of drug-likeness (QED) is 0.704. The summed E-state index contributed by atoms with van der Waals surface area (Å²) in [5.41, 5.74) is 0.927. The molecule has 1 heterocycles. The Hall–Kier alpha value is -1.51. The first-order valence-corrected chi connectivity index (χ1v) is 7.40. The Balaban J connectivity index is 2.22. The zero-order valence-corrected chi connectivity index (χ0v) is 12.5. The van der Waals surface area contributed by atoms with Crippen molar-refractivity contribution in [2.75, 3.05) is 7.05 Å². The molecule has 0 radical (unpaired) electrons. The zero-order chi connectivity index (χ0) is 14.1. The minimum atomic E-state index is 0.255. The fourth-order valence-electron chi connectivity index (χ4n) is 2.74. The molecule has 0 saturated heterocycles. The first kappa shape index (κ1) is 13.5. The zero-order valence-electron chi connectivity index (χ0n) is 11.7. The minimum Gasteiger partial charge on any atom is -0.459 e. The van der Waals surface area contributed by atoms with Crippen molar-refractivity contribution in [1.82, 2.24) is 5.32 Å². The number of benzene rings is 2. The molecule has 0 aliphatic heterocycles. The molecule has 0 spiro atoms. The van der Waals surface area contributed by atoms with E-state index in [0.29, 0.717) is 0 Å². The minimum absolute atomic E-state index is 0.255. The molecule has 1 N–H and O–H groups in total. The molecular weight excluding hydrogens is 270 g/mol. The monoisotopic (exact) mass is 287 g/mol. The number of hydrogen-bond donors (Lipinski definition) is 1. The molecule has 1 atom stereocenters. The first-order chi connectivity index (χ1) is 9.74. The number of furan rings is 1. The molecule has 3 heteroatoms. The van der Waals surface area contributed by atoms with Crippen LogP contribution in [-0.4, -0.2) is 7.05 Å². The molecule has 1 unspecified atom stereocenters. The molecule has 3 rings (SSSR count). The van der Waals surface area contributed by atoms with Gasteiger partial charge in [-0.15, -0.1) is 0 Å². The average molecular weight is 288 g/mol. The van der Waals surface area contributed by atoms with Gasteiger partial charge in [-0.2, -0.15) is 0 Å². The van der Waals surface area contributed by atoms with Gasteiger partial charge in [0, 0.05) is 21.2 Å². The molecule has 0 aliphatic rings. The summed E-state index contributed by atoms with van der Waals surface area (Å²) >= 11 is 6.36. The molecule has 0 fully saturated rings. The van der Waals surface area contributed by atoms with Crippen LogP contribution in [0.2, 0.25) is 5.02 Å². The van der Waals surface area contributed by atoms with E-state index < -0.39 is 0 Å². The van der Waals surface area contributed by atoms with Gasteiger partial charge in [0.15, 0.2) is 0 Å². The fraction of sp³-hybridized carbons (Fsp3) is 0.294. The van der Waals surface area contributed by atoms with Crippen molar-refractivity contribution < 1.29 is 4.42 Å². The Morgan fingerprint density at radius 3 is 2.65 bits per heavy atom. The van der Waals surface area contributed by atoms with Crippen molar-refractivity contribution >= 4 is 33.3 Å². The predicted molar refractivity (Wildman–Crippen MR) is 85.4 cm³/mol. The Morgan fingerprint density at radius 1 is 1.20 bits per heavy atom. The van der Waals surface area contributed by atoms with Gasteiger partial charge in [-0.1, -0.05) is 49.2 Å².